The molecule has 1 aliphatic heterocycles. The van der Waals surface area contributed by atoms with Crippen molar-refractivity contribution in [2.45, 2.75) is 25.2 Å². The molecule has 0 aliphatic carbocycles. The maximum Gasteiger partial charge on any atom is 0.419 e. The van der Waals surface area contributed by atoms with Gasteiger partial charge in [-0.15, -0.1) is 0 Å². The monoisotopic (exact) mass is 275 g/mol. The molecule has 0 saturated carbocycles. The SMILES string of the molecule is CNCc1ccc(OC2CCOC2)c(C(F)(F)F)c1. The van der Waals surface area contributed by atoms with Crippen LogP contribution in [0.3, 0.4) is 0 Å². The Morgan fingerprint density at radius 2 is 2.21 bits per heavy atom. The topological polar surface area (TPSA) is 30.5 Å². The van der Waals surface area contributed by atoms with E-state index in [0.717, 1.165) is 6.07 Å². The number of nitrogens with one attached hydrogen (secondary N) is 1. The van der Waals surface area contributed by atoms with Crippen LogP contribution >= 0.6 is 0 Å². The van der Waals surface area contributed by atoms with Gasteiger partial charge in [-0.3, -0.25) is 0 Å². The van der Waals surface area contributed by atoms with E-state index < -0.39 is 11.7 Å². The van der Waals surface area contributed by atoms with E-state index in [2.05, 4.69) is 5.32 Å². The summed E-state index contributed by atoms with van der Waals surface area (Å²) in [4.78, 5) is 0. The second-order valence-corrected chi connectivity index (χ2v) is 4.46. The van der Waals surface area contributed by atoms with Gasteiger partial charge in [-0.05, 0) is 24.7 Å². The van der Waals surface area contributed by atoms with Gasteiger partial charge >= 0.3 is 6.18 Å². The number of halogens is 3. The maximum atomic E-state index is 13.0. The summed E-state index contributed by atoms with van der Waals surface area (Å²) in [6.45, 7) is 1.26. The average molecular weight is 275 g/mol. The van der Waals surface area contributed by atoms with Crippen LogP contribution < -0.4 is 10.1 Å². The van der Waals surface area contributed by atoms with Crippen LogP contribution in [0.25, 0.3) is 0 Å². The fourth-order valence-corrected chi connectivity index (χ4v) is 2.00. The number of alkyl halides is 3. The number of hydrogen-bond donors (Lipinski definition) is 1. The molecule has 1 aliphatic rings. The van der Waals surface area contributed by atoms with Crippen LogP contribution in [0.1, 0.15) is 17.5 Å². The largest absolute Gasteiger partial charge is 0.487 e. The first-order valence-corrected chi connectivity index (χ1v) is 6.10. The molecule has 0 bridgehead atoms. The molecule has 0 aromatic heterocycles. The molecular weight excluding hydrogens is 259 g/mol. The fourth-order valence-electron chi connectivity index (χ4n) is 2.00. The summed E-state index contributed by atoms with van der Waals surface area (Å²) in [5.41, 5.74) is -0.156. The lowest BCUT2D eigenvalue weighted by molar-refractivity contribution is -0.139. The van der Waals surface area contributed by atoms with E-state index in [0.29, 0.717) is 31.7 Å². The Kier molecular flexibility index (Phi) is 4.31. The molecule has 0 amide bonds. The molecule has 2 rings (SSSR count). The number of hydrogen-bond acceptors (Lipinski definition) is 3. The van der Waals surface area contributed by atoms with Gasteiger partial charge in [0.1, 0.15) is 11.9 Å². The van der Waals surface area contributed by atoms with Crippen molar-refractivity contribution in [2.75, 3.05) is 20.3 Å². The Balaban J connectivity index is 2.25. The van der Waals surface area contributed by atoms with Gasteiger partial charge in [0.25, 0.3) is 0 Å². The highest BCUT2D eigenvalue weighted by Crippen LogP contribution is 2.37. The normalized spacial score (nSPS) is 19.7. The lowest BCUT2D eigenvalue weighted by atomic mass is 10.1. The van der Waals surface area contributed by atoms with Crippen molar-refractivity contribution < 1.29 is 22.6 Å². The van der Waals surface area contributed by atoms with Crippen LogP contribution in [0.15, 0.2) is 18.2 Å². The summed E-state index contributed by atoms with van der Waals surface area (Å²) < 4.78 is 49.5. The zero-order chi connectivity index (χ0) is 13.9. The molecule has 19 heavy (non-hydrogen) atoms. The molecule has 1 aromatic rings. The van der Waals surface area contributed by atoms with E-state index in [1.54, 1.807) is 13.1 Å². The van der Waals surface area contributed by atoms with Crippen molar-refractivity contribution >= 4 is 0 Å². The zero-order valence-electron chi connectivity index (χ0n) is 10.6. The molecule has 6 heteroatoms. The van der Waals surface area contributed by atoms with Gasteiger partial charge < -0.3 is 14.8 Å². The first-order chi connectivity index (χ1) is 9.00. The first kappa shape index (κ1) is 14.1. The number of benzene rings is 1. The molecule has 1 unspecified atom stereocenters. The second kappa shape index (κ2) is 5.79. The van der Waals surface area contributed by atoms with E-state index in [1.807, 2.05) is 0 Å². The Labute approximate surface area is 109 Å². The summed E-state index contributed by atoms with van der Waals surface area (Å²) in [7, 11) is 1.69. The summed E-state index contributed by atoms with van der Waals surface area (Å²) in [5, 5.41) is 2.83. The molecule has 106 valence electrons. The molecule has 1 fully saturated rings. The van der Waals surface area contributed by atoms with Crippen LogP contribution in [-0.2, 0) is 17.5 Å². The van der Waals surface area contributed by atoms with Gasteiger partial charge in [0, 0.05) is 13.0 Å². The highest BCUT2D eigenvalue weighted by molar-refractivity contribution is 5.39. The van der Waals surface area contributed by atoms with Crippen LogP contribution in [0.2, 0.25) is 0 Å². The minimum atomic E-state index is -4.42. The molecule has 3 nitrogen and oxygen atoms in total. The van der Waals surface area contributed by atoms with E-state index in [-0.39, 0.29) is 11.9 Å². The van der Waals surface area contributed by atoms with Gasteiger partial charge in [0.15, 0.2) is 0 Å². The Morgan fingerprint density at radius 3 is 2.79 bits per heavy atom. The first-order valence-electron chi connectivity index (χ1n) is 6.10. The van der Waals surface area contributed by atoms with Crippen molar-refractivity contribution in [3.8, 4) is 5.75 Å². The van der Waals surface area contributed by atoms with Crippen molar-refractivity contribution in [2.24, 2.45) is 0 Å². The van der Waals surface area contributed by atoms with E-state index in [9.17, 15) is 13.2 Å². The minimum Gasteiger partial charge on any atom is -0.487 e. The van der Waals surface area contributed by atoms with Crippen LogP contribution in [0.5, 0.6) is 5.75 Å². The van der Waals surface area contributed by atoms with E-state index in [4.69, 9.17) is 9.47 Å². The van der Waals surface area contributed by atoms with Crippen molar-refractivity contribution in [1.82, 2.24) is 5.32 Å². The van der Waals surface area contributed by atoms with Gasteiger partial charge in [-0.2, -0.15) is 13.2 Å². The predicted molar refractivity (Wildman–Crippen MR) is 64.1 cm³/mol. The van der Waals surface area contributed by atoms with E-state index in [1.165, 1.54) is 6.07 Å². The van der Waals surface area contributed by atoms with Crippen molar-refractivity contribution in [1.29, 1.82) is 0 Å². The van der Waals surface area contributed by atoms with Crippen LogP contribution in [0, 0.1) is 0 Å². The summed E-state index contributed by atoms with van der Waals surface area (Å²) in [6, 6.07) is 4.15. The lowest BCUT2D eigenvalue weighted by Gasteiger charge is -2.18. The number of ether oxygens (including phenoxy) is 2. The van der Waals surface area contributed by atoms with Crippen LogP contribution in [0.4, 0.5) is 13.2 Å². The lowest BCUT2D eigenvalue weighted by Crippen LogP contribution is -2.19. The molecule has 0 spiro atoms. The van der Waals surface area contributed by atoms with Gasteiger partial charge in [-0.1, -0.05) is 6.07 Å². The van der Waals surface area contributed by atoms with Crippen molar-refractivity contribution in [3.05, 3.63) is 29.3 Å². The average Bonchev–Trinajstić information content (AvgIpc) is 2.83. The highest BCUT2D eigenvalue weighted by Gasteiger charge is 2.35. The summed E-state index contributed by atoms with van der Waals surface area (Å²) in [5.74, 6) is -0.122. The third-order valence-corrected chi connectivity index (χ3v) is 2.91. The number of rotatable bonds is 4. The fraction of sp³-hybridized carbons (Fsp3) is 0.538. The molecule has 1 saturated heterocycles. The molecule has 1 heterocycles. The van der Waals surface area contributed by atoms with Crippen molar-refractivity contribution in [3.63, 3.8) is 0 Å². The summed E-state index contributed by atoms with van der Waals surface area (Å²) in [6.07, 6.45) is -4.09. The molecule has 0 radical (unpaired) electrons. The zero-order valence-corrected chi connectivity index (χ0v) is 10.6. The Bertz CT molecular complexity index is 428. The van der Waals surface area contributed by atoms with Gasteiger partial charge in [0.05, 0.1) is 18.8 Å². The third-order valence-electron chi connectivity index (χ3n) is 2.91. The maximum absolute atomic E-state index is 13.0. The Hall–Kier alpha value is -1.27. The predicted octanol–water partition coefficient (Wildman–Crippen LogP) is 2.59. The molecule has 1 atom stereocenters. The molecule has 1 aromatic carbocycles. The van der Waals surface area contributed by atoms with Crippen LogP contribution in [-0.4, -0.2) is 26.4 Å². The quantitative estimate of drug-likeness (QED) is 0.916. The van der Waals surface area contributed by atoms with E-state index >= 15 is 0 Å². The van der Waals surface area contributed by atoms with Gasteiger partial charge in [0.2, 0.25) is 0 Å². The van der Waals surface area contributed by atoms with Gasteiger partial charge in [-0.25, -0.2) is 0 Å². The summed E-state index contributed by atoms with van der Waals surface area (Å²) >= 11 is 0. The molecule has 1 N–H and O–H groups in total. The minimum absolute atomic E-state index is 0.122. The molecular formula is C13H16F3NO2. The third kappa shape index (κ3) is 3.61. The second-order valence-electron chi connectivity index (χ2n) is 4.46. The Morgan fingerprint density at radius 1 is 1.42 bits per heavy atom. The highest BCUT2D eigenvalue weighted by atomic mass is 19.4. The smallest absolute Gasteiger partial charge is 0.419 e. The standard InChI is InChI=1S/C13H16F3NO2/c1-17-7-9-2-3-12(11(6-9)13(14,15)16)19-10-4-5-18-8-10/h2-3,6,10,17H,4-5,7-8H2,1H3.